The molecule has 6 nitrogen and oxygen atoms in total. The average molecular weight is 202 g/mol. The molecular weight excluding hydrogens is 188 g/mol. The van der Waals surface area contributed by atoms with E-state index in [1.54, 1.807) is 0 Å². The van der Waals surface area contributed by atoms with Gasteiger partial charge >= 0.3 is 12.1 Å². The lowest BCUT2D eigenvalue weighted by molar-refractivity contribution is -0.149. The van der Waals surface area contributed by atoms with Crippen molar-refractivity contribution < 1.29 is 19.4 Å². The van der Waals surface area contributed by atoms with Crippen molar-refractivity contribution in [1.29, 1.82) is 0 Å². The molecule has 1 amide bonds. The SMILES string of the molecule is CC(N)C(=O)OC1CCN(C(=O)O)C1. The second kappa shape index (κ2) is 4.28. The normalized spacial score (nSPS) is 23.3. The van der Waals surface area contributed by atoms with Gasteiger partial charge in [-0.05, 0) is 6.92 Å². The van der Waals surface area contributed by atoms with E-state index in [-0.39, 0.29) is 12.6 Å². The number of carbonyl (C=O) groups excluding carboxylic acids is 1. The fraction of sp³-hybridized carbons (Fsp3) is 0.750. The molecule has 2 atom stereocenters. The highest BCUT2D eigenvalue weighted by Gasteiger charge is 2.29. The lowest BCUT2D eigenvalue weighted by atomic mass is 10.3. The molecule has 3 N–H and O–H groups in total. The fourth-order valence-electron chi connectivity index (χ4n) is 1.27. The number of likely N-dealkylation sites (tertiary alicyclic amines) is 1. The molecule has 0 aliphatic carbocycles. The van der Waals surface area contributed by atoms with Gasteiger partial charge in [0, 0.05) is 13.0 Å². The molecule has 0 radical (unpaired) electrons. The molecule has 1 saturated heterocycles. The fourth-order valence-corrected chi connectivity index (χ4v) is 1.27. The van der Waals surface area contributed by atoms with Crippen LogP contribution >= 0.6 is 0 Å². The summed E-state index contributed by atoms with van der Waals surface area (Å²) in [6.07, 6.45) is -0.779. The highest BCUT2D eigenvalue weighted by atomic mass is 16.5. The Bertz CT molecular complexity index is 241. The van der Waals surface area contributed by atoms with Gasteiger partial charge in [0.05, 0.1) is 6.54 Å². The van der Waals surface area contributed by atoms with E-state index in [0.29, 0.717) is 13.0 Å². The molecule has 80 valence electrons. The third-order valence-corrected chi connectivity index (χ3v) is 2.07. The number of hydrogen-bond donors (Lipinski definition) is 2. The van der Waals surface area contributed by atoms with Crippen LogP contribution in [0.25, 0.3) is 0 Å². The molecule has 0 aromatic heterocycles. The van der Waals surface area contributed by atoms with Crippen LogP contribution in [0.1, 0.15) is 13.3 Å². The smallest absolute Gasteiger partial charge is 0.407 e. The molecule has 0 bridgehead atoms. The first-order valence-corrected chi connectivity index (χ1v) is 4.44. The summed E-state index contributed by atoms with van der Waals surface area (Å²) >= 11 is 0. The maximum absolute atomic E-state index is 11.1. The summed E-state index contributed by atoms with van der Waals surface area (Å²) in [4.78, 5) is 22.8. The first kappa shape index (κ1) is 10.8. The van der Waals surface area contributed by atoms with Gasteiger partial charge in [-0.15, -0.1) is 0 Å². The lowest BCUT2D eigenvalue weighted by Crippen LogP contribution is -2.34. The Kier molecular flexibility index (Phi) is 3.29. The second-order valence-electron chi connectivity index (χ2n) is 3.36. The zero-order valence-electron chi connectivity index (χ0n) is 7.97. The minimum Gasteiger partial charge on any atom is -0.465 e. The third-order valence-electron chi connectivity index (χ3n) is 2.07. The van der Waals surface area contributed by atoms with Gasteiger partial charge in [0.1, 0.15) is 12.1 Å². The van der Waals surface area contributed by atoms with E-state index in [0.717, 1.165) is 0 Å². The van der Waals surface area contributed by atoms with Crippen LogP contribution in [-0.2, 0) is 9.53 Å². The van der Waals surface area contributed by atoms with Crippen LogP contribution in [0.3, 0.4) is 0 Å². The molecule has 2 unspecified atom stereocenters. The average Bonchev–Trinajstić information content (AvgIpc) is 2.52. The Hall–Kier alpha value is -1.30. The topological polar surface area (TPSA) is 92.9 Å². The van der Waals surface area contributed by atoms with Gasteiger partial charge in [0.15, 0.2) is 0 Å². The van der Waals surface area contributed by atoms with Crippen molar-refractivity contribution in [3.8, 4) is 0 Å². The summed E-state index contributed by atoms with van der Waals surface area (Å²) in [5.41, 5.74) is 5.30. The van der Waals surface area contributed by atoms with Crippen molar-refractivity contribution in [2.24, 2.45) is 5.73 Å². The van der Waals surface area contributed by atoms with Crippen molar-refractivity contribution in [2.45, 2.75) is 25.5 Å². The van der Waals surface area contributed by atoms with Crippen molar-refractivity contribution in [3.63, 3.8) is 0 Å². The standard InChI is InChI=1S/C8H14N2O4/c1-5(9)7(11)14-6-2-3-10(4-6)8(12)13/h5-6H,2-4,9H2,1H3,(H,12,13). The number of amides is 1. The lowest BCUT2D eigenvalue weighted by Gasteiger charge is -2.14. The predicted octanol–water partition coefficient (Wildman–Crippen LogP) is -0.371. The van der Waals surface area contributed by atoms with E-state index >= 15 is 0 Å². The third kappa shape index (κ3) is 2.59. The molecule has 1 fully saturated rings. The van der Waals surface area contributed by atoms with Crippen LogP contribution in [0.4, 0.5) is 4.79 Å². The second-order valence-corrected chi connectivity index (χ2v) is 3.36. The monoisotopic (exact) mass is 202 g/mol. The molecule has 1 aliphatic rings. The van der Waals surface area contributed by atoms with Crippen LogP contribution < -0.4 is 5.73 Å². The number of nitrogens with two attached hydrogens (primary N) is 1. The first-order valence-electron chi connectivity index (χ1n) is 4.44. The molecule has 6 heteroatoms. The number of hydrogen-bond acceptors (Lipinski definition) is 4. The van der Waals surface area contributed by atoms with Crippen molar-refractivity contribution >= 4 is 12.1 Å². The molecule has 1 rings (SSSR count). The maximum atomic E-state index is 11.1. The molecule has 0 saturated carbocycles. The molecule has 14 heavy (non-hydrogen) atoms. The first-order chi connectivity index (χ1) is 6.50. The number of esters is 1. The highest BCUT2D eigenvalue weighted by molar-refractivity contribution is 5.75. The van der Waals surface area contributed by atoms with E-state index in [1.165, 1.54) is 11.8 Å². The minimum absolute atomic E-state index is 0.244. The molecule has 1 aliphatic heterocycles. The molecule has 0 aromatic rings. The number of rotatable bonds is 2. The molecular formula is C8H14N2O4. The Morgan fingerprint density at radius 3 is 2.71 bits per heavy atom. The Morgan fingerprint density at radius 1 is 1.64 bits per heavy atom. The van der Waals surface area contributed by atoms with Crippen molar-refractivity contribution in [3.05, 3.63) is 0 Å². The van der Waals surface area contributed by atoms with Gasteiger partial charge in [-0.2, -0.15) is 0 Å². The summed E-state index contributed by atoms with van der Waals surface area (Å²) in [5.74, 6) is -0.484. The number of carboxylic acid groups (broad SMARTS) is 1. The van der Waals surface area contributed by atoms with Gasteiger partial charge in [0.2, 0.25) is 0 Å². The van der Waals surface area contributed by atoms with Gasteiger partial charge in [-0.1, -0.05) is 0 Å². The van der Waals surface area contributed by atoms with Crippen LogP contribution in [0.15, 0.2) is 0 Å². The van der Waals surface area contributed by atoms with Crippen molar-refractivity contribution in [1.82, 2.24) is 4.90 Å². The highest BCUT2D eigenvalue weighted by Crippen LogP contribution is 2.12. The van der Waals surface area contributed by atoms with Crippen LogP contribution in [0.2, 0.25) is 0 Å². The maximum Gasteiger partial charge on any atom is 0.407 e. The molecule has 1 heterocycles. The van der Waals surface area contributed by atoms with E-state index < -0.39 is 18.1 Å². The van der Waals surface area contributed by atoms with Crippen LogP contribution in [-0.4, -0.2) is 47.3 Å². The number of ether oxygens (including phenoxy) is 1. The predicted molar refractivity (Wildman–Crippen MR) is 47.7 cm³/mol. The largest absolute Gasteiger partial charge is 0.465 e. The van der Waals surface area contributed by atoms with E-state index in [9.17, 15) is 9.59 Å². The Morgan fingerprint density at radius 2 is 2.29 bits per heavy atom. The van der Waals surface area contributed by atoms with E-state index in [4.69, 9.17) is 15.6 Å². The van der Waals surface area contributed by atoms with Gasteiger partial charge in [-0.25, -0.2) is 4.79 Å². The van der Waals surface area contributed by atoms with Gasteiger partial charge in [-0.3, -0.25) is 4.79 Å². The summed E-state index contributed by atoms with van der Waals surface area (Å²) in [6, 6.07) is -0.658. The van der Waals surface area contributed by atoms with E-state index in [1.807, 2.05) is 0 Å². The number of carbonyl (C=O) groups is 2. The van der Waals surface area contributed by atoms with Crippen molar-refractivity contribution in [2.75, 3.05) is 13.1 Å². The van der Waals surface area contributed by atoms with Crippen LogP contribution in [0, 0.1) is 0 Å². The zero-order chi connectivity index (χ0) is 10.7. The van der Waals surface area contributed by atoms with Crippen LogP contribution in [0.5, 0.6) is 0 Å². The zero-order valence-corrected chi connectivity index (χ0v) is 7.97. The van der Waals surface area contributed by atoms with Gasteiger partial charge in [0.25, 0.3) is 0 Å². The summed E-state index contributed by atoms with van der Waals surface area (Å²) in [7, 11) is 0. The summed E-state index contributed by atoms with van der Waals surface area (Å²) in [6.45, 7) is 2.19. The summed E-state index contributed by atoms with van der Waals surface area (Å²) < 4.78 is 4.98. The number of nitrogens with zero attached hydrogens (tertiary/aromatic N) is 1. The quantitative estimate of drug-likeness (QED) is 0.596. The Balaban J connectivity index is 2.36. The molecule has 0 aromatic carbocycles. The van der Waals surface area contributed by atoms with E-state index in [2.05, 4.69) is 0 Å². The van der Waals surface area contributed by atoms with Gasteiger partial charge < -0.3 is 20.5 Å². The summed E-state index contributed by atoms with van der Waals surface area (Å²) in [5, 5.41) is 8.64. The minimum atomic E-state index is -0.982. The molecule has 0 spiro atoms. The Labute approximate surface area is 81.6 Å².